The van der Waals surface area contributed by atoms with Gasteiger partial charge in [-0.2, -0.15) is 5.10 Å². The van der Waals surface area contributed by atoms with Crippen LogP contribution in [0.5, 0.6) is 0 Å². The Morgan fingerprint density at radius 2 is 1.50 bits per heavy atom. The molecular weight excluding hydrogens is 448 g/mol. The summed E-state index contributed by atoms with van der Waals surface area (Å²) in [7, 11) is 0. The number of halogens is 1. The fourth-order valence-electron chi connectivity index (χ4n) is 3.25. The number of hydrogen-bond acceptors (Lipinski definition) is 4. The summed E-state index contributed by atoms with van der Waals surface area (Å²) in [6, 6.07) is 23.6. The number of amides is 2. The van der Waals surface area contributed by atoms with Crippen molar-refractivity contribution in [1.82, 2.24) is 10.7 Å². The van der Waals surface area contributed by atoms with Crippen LogP contribution < -0.4 is 15.6 Å². The van der Waals surface area contributed by atoms with Gasteiger partial charge in [-0.05, 0) is 67.4 Å². The first-order valence-corrected chi connectivity index (χ1v) is 11.4. The Kier molecular flexibility index (Phi) is 9.00. The van der Waals surface area contributed by atoms with Crippen molar-refractivity contribution in [2.75, 3.05) is 18.0 Å². The SMILES string of the molecule is CCN(CC)c1ccc(/C=C(/NC(=O)c2ccccc2)C(=O)NN=Cc2ccc(Cl)cc2)cc1. The van der Waals surface area contributed by atoms with Crippen molar-refractivity contribution in [3.63, 3.8) is 0 Å². The molecule has 0 radical (unpaired) electrons. The summed E-state index contributed by atoms with van der Waals surface area (Å²) in [6.07, 6.45) is 3.13. The van der Waals surface area contributed by atoms with E-state index >= 15 is 0 Å². The van der Waals surface area contributed by atoms with Crippen molar-refractivity contribution >= 4 is 41.4 Å². The van der Waals surface area contributed by atoms with E-state index in [9.17, 15) is 9.59 Å². The summed E-state index contributed by atoms with van der Waals surface area (Å²) in [5, 5.41) is 7.33. The minimum Gasteiger partial charge on any atom is -0.372 e. The molecule has 3 aromatic rings. The smallest absolute Gasteiger partial charge is 0.287 e. The lowest BCUT2D eigenvalue weighted by molar-refractivity contribution is -0.117. The molecule has 0 saturated carbocycles. The standard InChI is InChI=1S/C27H27ClN4O2/c1-3-32(4-2)24-16-12-20(13-17-24)18-25(30-26(33)22-8-6-5-7-9-22)27(34)31-29-19-21-10-14-23(28)15-11-21/h5-19H,3-4H2,1-2H3,(H,30,33)(H,31,34)/b25-18+,29-19?. The van der Waals surface area contributed by atoms with E-state index < -0.39 is 5.91 Å². The van der Waals surface area contributed by atoms with Crippen LogP contribution in [0.3, 0.4) is 0 Å². The fraction of sp³-hybridized carbons (Fsp3) is 0.148. The highest BCUT2D eigenvalue weighted by molar-refractivity contribution is 6.30. The number of anilines is 1. The second-order valence-electron chi connectivity index (χ2n) is 7.39. The second-order valence-corrected chi connectivity index (χ2v) is 7.83. The molecule has 0 aliphatic carbocycles. The van der Waals surface area contributed by atoms with Gasteiger partial charge in [0.25, 0.3) is 11.8 Å². The molecule has 7 heteroatoms. The van der Waals surface area contributed by atoms with Gasteiger partial charge in [-0.3, -0.25) is 9.59 Å². The van der Waals surface area contributed by atoms with Crippen molar-refractivity contribution in [2.45, 2.75) is 13.8 Å². The quantitative estimate of drug-likeness (QED) is 0.257. The molecule has 0 saturated heterocycles. The highest BCUT2D eigenvalue weighted by atomic mass is 35.5. The van der Waals surface area contributed by atoms with E-state index in [1.165, 1.54) is 6.21 Å². The van der Waals surface area contributed by atoms with Crippen LogP contribution in [-0.4, -0.2) is 31.1 Å². The maximum atomic E-state index is 12.9. The molecule has 2 N–H and O–H groups in total. The summed E-state index contributed by atoms with van der Waals surface area (Å²) >= 11 is 5.89. The number of rotatable bonds is 9. The van der Waals surface area contributed by atoms with Gasteiger partial charge in [-0.15, -0.1) is 0 Å². The van der Waals surface area contributed by atoms with Gasteiger partial charge in [0.1, 0.15) is 5.70 Å². The van der Waals surface area contributed by atoms with Crippen LogP contribution in [0, 0.1) is 0 Å². The van der Waals surface area contributed by atoms with E-state index in [0.29, 0.717) is 10.6 Å². The lowest BCUT2D eigenvalue weighted by atomic mass is 10.1. The van der Waals surface area contributed by atoms with Crippen molar-refractivity contribution in [3.05, 3.63) is 106 Å². The van der Waals surface area contributed by atoms with E-state index in [-0.39, 0.29) is 11.6 Å². The van der Waals surface area contributed by atoms with Crippen molar-refractivity contribution < 1.29 is 9.59 Å². The first kappa shape index (κ1) is 24.7. The zero-order valence-electron chi connectivity index (χ0n) is 19.2. The predicted molar refractivity (Wildman–Crippen MR) is 139 cm³/mol. The third kappa shape index (κ3) is 7.05. The fourth-order valence-corrected chi connectivity index (χ4v) is 3.38. The summed E-state index contributed by atoms with van der Waals surface area (Å²) in [5.74, 6) is -0.925. The molecule has 0 aliphatic heterocycles. The minimum atomic E-state index is -0.540. The van der Waals surface area contributed by atoms with Gasteiger partial charge in [-0.1, -0.05) is 54.1 Å². The summed E-state index contributed by atoms with van der Waals surface area (Å²) in [5.41, 5.74) is 5.64. The van der Waals surface area contributed by atoms with E-state index in [4.69, 9.17) is 11.6 Å². The molecule has 0 unspecified atom stereocenters. The highest BCUT2D eigenvalue weighted by Gasteiger charge is 2.14. The van der Waals surface area contributed by atoms with Gasteiger partial charge in [0, 0.05) is 29.4 Å². The minimum absolute atomic E-state index is 0.0812. The zero-order chi connectivity index (χ0) is 24.3. The Labute approximate surface area is 204 Å². The molecule has 0 atom stereocenters. The van der Waals surface area contributed by atoms with Gasteiger partial charge >= 0.3 is 0 Å². The average Bonchev–Trinajstić information content (AvgIpc) is 2.87. The monoisotopic (exact) mass is 474 g/mol. The van der Waals surface area contributed by atoms with Crippen LogP contribution in [-0.2, 0) is 4.79 Å². The lowest BCUT2D eigenvalue weighted by Gasteiger charge is -2.20. The van der Waals surface area contributed by atoms with Gasteiger partial charge < -0.3 is 10.2 Å². The zero-order valence-corrected chi connectivity index (χ0v) is 19.9. The Balaban J connectivity index is 1.81. The topological polar surface area (TPSA) is 73.8 Å². The van der Waals surface area contributed by atoms with E-state index in [1.54, 1.807) is 54.6 Å². The van der Waals surface area contributed by atoms with Crippen LogP contribution >= 0.6 is 11.6 Å². The van der Waals surface area contributed by atoms with Crippen LogP contribution in [0.4, 0.5) is 5.69 Å². The number of hydrazone groups is 1. The molecule has 2 amide bonds. The predicted octanol–water partition coefficient (Wildman–Crippen LogP) is 5.11. The Bertz CT molecular complexity index is 1150. The number of nitrogens with one attached hydrogen (secondary N) is 2. The number of nitrogens with zero attached hydrogens (tertiary/aromatic N) is 2. The summed E-state index contributed by atoms with van der Waals surface area (Å²) < 4.78 is 0. The third-order valence-electron chi connectivity index (χ3n) is 5.11. The van der Waals surface area contributed by atoms with E-state index in [0.717, 1.165) is 29.9 Å². The first-order valence-electron chi connectivity index (χ1n) is 11.0. The number of hydrogen-bond donors (Lipinski definition) is 2. The van der Waals surface area contributed by atoms with Gasteiger partial charge in [0.15, 0.2) is 0 Å². The third-order valence-corrected chi connectivity index (χ3v) is 5.36. The Morgan fingerprint density at radius 3 is 2.12 bits per heavy atom. The van der Waals surface area contributed by atoms with E-state index in [1.807, 2.05) is 30.3 Å². The van der Waals surface area contributed by atoms with Crippen molar-refractivity contribution in [3.8, 4) is 0 Å². The molecule has 174 valence electrons. The normalized spacial score (nSPS) is 11.3. The first-order chi connectivity index (χ1) is 16.5. The van der Waals surface area contributed by atoms with E-state index in [2.05, 4.69) is 34.6 Å². The van der Waals surface area contributed by atoms with Crippen LogP contribution in [0.25, 0.3) is 6.08 Å². The molecule has 0 fully saturated rings. The van der Waals surface area contributed by atoms with Crippen LogP contribution in [0.15, 0.2) is 89.7 Å². The van der Waals surface area contributed by atoms with Gasteiger partial charge in [0.05, 0.1) is 6.21 Å². The number of benzene rings is 3. The lowest BCUT2D eigenvalue weighted by Crippen LogP contribution is -2.32. The Hall–Kier alpha value is -3.90. The second kappa shape index (κ2) is 12.4. The molecule has 3 rings (SSSR count). The average molecular weight is 475 g/mol. The highest BCUT2D eigenvalue weighted by Crippen LogP contribution is 2.17. The maximum Gasteiger partial charge on any atom is 0.287 e. The number of carbonyl (C=O) groups excluding carboxylic acids is 2. The largest absolute Gasteiger partial charge is 0.372 e. The molecule has 0 spiro atoms. The van der Waals surface area contributed by atoms with Crippen molar-refractivity contribution in [1.29, 1.82) is 0 Å². The molecule has 3 aromatic carbocycles. The molecule has 34 heavy (non-hydrogen) atoms. The van der Waals surface area contributed by atoms with Crippen LogP contribution in [0.1, 0.15) is 35.3 Å². The molecule has 6 nitrogen and oxygen atoms in total. The van der Waals surface area contributed by atoms with Gasteiger partial charge in [0.2, 0.25) is 0 Å². The van der Waals surface area contributed by atoms with Gasteiger partial charge in [-0.25, -0.2) is 5.43 Å². The molecular formula is C27H27ClN4O2. The maximum absolute atomic E-state index is 12.9. The Morgan fingerprint density at radius 1 is 0.882 bits per heavy atom. The summed E-state index contributed by atoms with van der Waals surface area (Å²) in [6.45, 7) is 6.00. The molecule has 0 aromatic heterocycles. The van der Waals surface area contributed by atoms with Crippen molar-refractivity contribution in [2.24, 2.45) is 5.10 Å². The molecule has 0 heterocycles. The molecule has 0 aliphatic rings. The summed E-state index contributed by atoms with van der Waals surface area (Å²) in [4.78, 5) is 27.8. The van der Waals surface area contributed by atoms with Crippen LogP contribution in [0.2, 0.25) is 5.02 Å². The number of carbonyl (C=O) groups is 2. The molecule has 0 bridgehead atoms.